The van der Waals surface area contributed by atoms with Crippen molar-refractivity contribution in [3.05, 3.63) is 70.1 Å². The van der Waals surface area contributed by atoms with Crippen LogP contribution in [0.3, 0.4) is 0 Å². The third kappa shape index (κ3) is 3.82. The molecule has 0 aliphatic rings. The summed E-state index contributed by atoms with van der Waals surface area (Å²) in [6.07, 6.45) is 4.19. The summed E-state index contributed by atoms with van der Waals surface area (Å²) in [6.45, 7) is 0.548. The lowest BCUT2D eigenvalue weighted by Crippen LogP contribution is -2.20. The summed E-state index contributed by atoms with van der Waals surface area (Å²) in [5.74, 6) is -1.01. The van der Waals surface area contributed by atoms with Crippen LogP contribution < -0.4 is 5.56 Å². The minimum atomic E-state index is -1.01. The van der Waals surface area contributed by atoms with Gasteiger partial charge in [0.05, 0.1) is 5.56 Å². The van der Waals surface area contributed by atoms with Crippen molar-refractivity contribution in [2.75, 3.05) is 0 Å². The van der Waals surface area contributed by atoms with Crippen LogP contribution in [0.25, 0.3) is 0 Å². The van der Waals surface area contributed by atoms with E-state index in [2.05, 4.69) is 12.1 Å². The van der Waals surface area contributed by atoms with E-state index >= 15 is 0 Å². The van der Waals surface area contributed by atoms with Gasteiger partial charge in [-0.2, -0.15) is 0 Å². The fourth-order valence-corrected chi connectivity index (χ4v) is 2.09. The van der Waals surface area contributed by atoms with Gasteiger partial charge < -0.3 is 9.67 Å². The Morgan fingerprint density at radius 3 is 2.50 bits per heavy atom. The zero-order chi connectivity index (χ0) is 14.4. The minimum Gasteiger partial charge on any atom is -0.478 e. The van der Waals surface area contributed by atoms with E-state index in [0.29, 0.717) is 6.54 Å². The topological polar surface area (TPSA) is 59.3 Å². The second-order valence-electron chi connectivity index (χ2n) is 4.70. The van der Waals surface area contributed by atoms with Gasteiger partial charge in [-0.3, -0.25) is 4.79 Å². The monoisotopic (exact) mass is 271 g/mol. The number of carboxylic acids is 1. The van der Waals surface area contributed by atoms with E-state index in [1.165, 1.54) is 28.5 Å². The number of benzene rings is 1. The molecule has 0 aliphatic heterocycles. The number of carboxylic acid groups (broad SMARTS) is 1. The zero-order valence-electron chi connectivity index (χ0n) is 11.2. The molecule has 0 radical (unpaired) electrons. The van der Waals surface area contributed by atoms with E-state index in [9.17, 15) is 9.59 Å². The molecule has 1 aromatic carbocycles. The molecular formula is C16H17NO3. The number of hydrogen-bond acceptors (Lipinski definition) is 2. The Labute approximate surface area is 117 Å². The van der Waals surface area contributed by atoms with Crippen molar-refractivity contribution in [1.82, 2.24) is 4.57 Å². The fraction of sp³-hybridized carbons (Fsp3) is 0.250. The van der Waals surface area contributed by atoms with Gasteiger partial charge in [0, 0.05) is 18.8 Å². The Morgan fingerprint density at radius 2 is 1.80 bits per heavy atom. The van der Waals surface area contributed by atoms with Gasteiger partial charge in [-0.05, 0) is 30.9 Å². The van der Waals surface area contributed by atoms with Crippen LogP contribution in [0.2, 0.25) is 0 Å². The smallest absolute Gasteiger partial charge is 0.337 e. The van der Waals surface area contributed by atoms with Crippen LogP contribution in [0.15, 0.2) is 53.5 Å². The summed E-state index contributed by atoms with van der Waals surface area (Å²) in [4.78, 5) is 22.5. The van der Waals surface area contributed by atoms with E-state index in [-0.39, 0.29) is 11.1 Å². The summed E-state index contributed by atoms with van der Waals surface area (Å²) < 4.78 is 1.47. The highest BCUT2D eigenvalue weighted by Crippen LogP contribution is 2.05. The van der Waals surface area contributed by atoms with Gasteiger partial charge in [-0.25, -0.2) is 4.79 Å². The third-order valence-electron chi connectivity index (χ3n) is 3.19. The first-order chi connectivity index (χ1) is 9.66. The lowest BCUT2D eigenvalue weighted by atomic mass is 10.1. The van der Waals surface area contributed by atoms with Gasteiger partial charge in [0.25, 0.3) is 5.56 Å². The van der Waals surface area contributed by atoms with Crippen LogP contribution >= 0.6 is 0 Å². The zero-order valence-corrected chi connectivity index (χ0v) is 11.2. The molecular weight excluding hydrogens is 254 g/mol. The Morgan fingerprint density at radius 1 is 1.05 bits per heavy atom. The average molecular weight is 271 g/mol. The van der Waals surface area contributed by atoms with Crippen LogP contribution in [0.1, 0.15) is 28.8 Å². The number of aromatic nitrogens is 1. The first kappa shape index (κ1) is 14.1. The highest BCUT2D eigenvalue weighted by atomic mass is 16.4. The maximum atomic E-state index is 11.6. The second-order valence-corrected chi connectivity index (χ2v) is 4.70. The molecule has 1 aromatic heterocycles. The van der Waals surface area contributed by atoms with Crippen molar-refractivity contribution < 1.29 is 9.90 Å². The van der Waals surface area contributed by atoms with Gasteiger partial charge >= 0.3 is 5.97 Å². The minimum absolute atomic E-state index is 0.146. The second kappa shape index (κ2) is 6.70. The molecule has 0 saturated carbocycles. The van der Waals surface area contributed by atoms with Crippen molar-refractivity contribution in [2.24, 2.45) is 0 Å². The normalized spacial score (nSPS) is 10.4. The number of hydrogen-bond donors (Lipinski definition) is 1. The molecule has 0 fully saturated rings. The van der Waals surface area contributed by atoms with Crippen molar-refractivity contribution in [3.63, 3.8) is 0 Å². The number of aromatic carboxylic acids is 1. The largest absolute Gasteiger partial charge is 0.478 e. The third-order valence-corrected chi connectivity index (χ3v) is 3.19. The van der Waals surface area contributed by atoms with E-state index < -0.39 is 5.97 Å². The first-order valence-electron chi connectivity index (χ1n) is 6.64. The molecule has 0 amide bonds. The number of nitrogens with zero attached hydrogens (tertiary/aromatic N) is 1. The lowest BCUT2D eigenvalue weighted by molar-refractivity contribution is 0.0696. The first-order valence-corrected chi connectivity index (χ1v) is 6.64. The van der Waals surface area contributed by atoms with Crippen LogP contribution in [-0.4, -0.2) is 15.6 Å². The quantitative estimate of drug-likeness (QED) is 0.821. The molecule has 2 rings (SSSR count). The summed E-state index contributed by atoms with van der Waals surface area (Å²) in [5.41, 5.74) is 1.27. The predicted molar refractivity (Wildman–Crippen MR) is 77.0 cm³/mol. The van der Waals surface area contributed by atoms with Gasteiger partial charge in [0.1, 0.15) is 0 Å². The molecule has 4 heteroatoms. The van der Waals surface area contributed by atoms with Crippen LogP contribution in [0.5, 0.6) is 0 Å². The SMILES string of the molecule is O=C(O)c1ccc(=O)n(CCCCc2ccccc2)c1. The predicted octanol–water partition coefficient (Wildman–Crippen LogP) is 2.57. The maximum Gasteiger partial charge on any atom is 0.337 e. The molecule has 20 heavy (non-hydrogen) atoms. The fourth-order valence-electron chi connectivity index (χ4n) is 2.09. The van der Waals surface area contributed by atoms with E-state index in [1.807, 2.05) is 18.2 Å². The van der Waals surface area contributed by atoms with Gasteiger partial charge in [0.2, 0.25) is 0 Å². The average Bonchev–Trinajstić information content (AvgIpc) is 2.46. The molecule has 104 valence electrons. The van der Waals surface area contributed by atoms with E-state index in [1.54, 1.807) is 0 Å². The highest BCUT2D eigenvalue weighted by molar-refractivity contribution is 5.87. The number of carbonyl (C=O) groups is 1. The van der Waals surface area contributed by atoms with Crippen LogP contribution in [0.4, 0.5) is 0 Å². The number of aryl methyl sites for hydroxylation is 2. The number of unbranched alkanes of at least 4 members (excludes halogenated alkanes) is 1. The number of pyridine rings is 1. The molecule has 0 bridgehead atoms. The van der Waals surface area contributed by atoms with Crippen molar-refractivity contribution in [1.29, 1.82) is 0 Å². The standard InChI is InChI=1S/C16H17NO3/c18-15-10-9-14(16(19)20)12-17(15)11-5-4-8-13-6-2-1-3-7-13/h1-3,6-7,9-10,12H,4-5,8,11H2,(H,19,20). The van der Waals surface area contributed by atoms with Crippen LogP contribution in [0, 0.1) is 0 Å². The van der Waals surface area contributed by atoms with Gasteiger partial charge in [0.15, 0.2) is 0 Å². The van der Waals surface area contributed by atoms with Crippen LogP contribution in [-0.2, 0) is 13.0 Å². The molecule has 0 spiro atoms. The summed E-state index contributed by atoms with van der Waals surface area (Å²) in [7, 11) is 0. The summed E-state index contributed by atoms with van der Waals surface area (Å²) in [6, 6.07) is 12.8. The molecule has 0 unspecified atom stereocenters. The molecule has 1 heterocycles. The lowest BCUT2D eigenvalue weighted by Gasteiger charge is -2.06. The molecule has 0 saturated heterocycles. The molecule has 4 nitrogen and oxygen atoms in total. The molecule has 2 aromatic rings. The molecule has 0 aliphatic carbocycles. The summed E-state index contributed by atoms with van der Waals surface area (Å²) in [5, 5.41) is 8.91. The number of rotatable bonds is 6. The van der Waals surface area contributed by atoms with E-state index in [4.69, 9.17) is 5.11 Å². The Hall–Kier alpha value is -2.36. The van der Waals surface area contributed by atoms with Crippen molar-refractivity contribution >= 4 is 5.97 Å². The summed E-state index contributed by atoms with van der Waals surface area (Å²) >= 11 is 0. The highest BCUT2D eigenvalue weighted by Gasteiger charge is 2.04. The molecule has 0 atom stereocenters. The Kier molecular flexibility index (Phi) is 4.71. The maximum absolute atomic E-state index is 11.6. The van der Waals surface area contributed by atoms with E-state index in [0.717, 1.165) is 19.3 Å². The van der Waals surface area contributed by atoms with Gasteiger partial charge in [-0.1, -0.05) is 30.3 Å². The Bertz CT molecular complexity index is 632. The van der Waals surface area contributed by atoms with Crippen molar-refractivity contribution in [3.8, 4) is 0 Å². The molecule has 1 N–H and O–H groups in total. The van der Waals surface area contributed by atoms with Gasteiger partial charge in [-0.15, -0.1) is 0 Å². The van der Waals surface area contributed by atoms with Crippen molar-refractivity contribution in [2.45, 2.75) is 25.8 Å². The Balaban J connectivity index is 1.89.